The molecule has 1 unspecified atom stereocenters. The molecule has 1 aliphatic heterocycles. The van der Waals surface area contributed by atoms with Crippen molar-refractivity contribution in [1.29, 1.82) is 0 Å². The topological polar surface area (TPSA) is 6.48 Å². The monoisotopic (exact) mass is 252 g/mol. The normalized spacial score (nSPS) is 20.3. The third kappa shape index (κ3) is 2.75. The lowest BCUT2D eigenvalue weighted by atomic mass is 10.1. The van der Waals surface area contributed by atoms with Gasteiger partial charge < -0.3 is 9.80 Å². The fourth-order valence-corrected chi connectivity index (χ4v) is 2.73. The molecule has 1 atom stereocenters. The number of halogens is 1. The van der Waals surface area contributed by atoms with E-state index >= 15 is 0 Å². The molecule has 0 N–H and O–H groups in total. The molecule has 1 aliphatic rings. The lowest BCUT2D eigenvalue weighted by Crippen LogP contribution is -2.31. The van der Waals surface area contributed by atoms with Crippen molar-refractivity contribution in [3.63, 3.8) is 0 Å². The zero-order valence-corrected chi connectivity index (χ0v) is 11.7. The molecule has 0 spiro atoms. The van der Waals surface area contributed by atoms with E-state index in [1.807, 2.05) is 0 Å². The van der Waals surface area contributed by atoms with E-state index in [1.165, 1.54) is 23.2 Å². The van der Waals surface area contributed by atoms with Gasteiger partial charge in [-0.15, -0.1) is 11.6 Å². The molecule has 1 saturated heterocycles. The van der Waals surface area contributed by atoms with Gasteiger partial charge in [0, 0.05) is 30.7 Å². The quantitative estimate of drug-likeness (QED) is 0.764. The summed E-state index contributed by atoms with van der Waals surface area (Å²) in [4.78, 5) is 4.77. The van der Waals surface area contributed by atoms with Crippen LogP contribution in [0.5, 0.6) is 0 Å². The van der Waals surface area contributed by atoms with Crippen LogP contribution in [-0.2, 0) is 5.88 Å². The molecule has 94 valence electrons. The lowest BCUT2D eigenvalue weighted by molar-refractivity contribution is 0.315. The van der Waals surface area contributed by atoms with Crippen LogP contribution in [0, 0.1) is 6.92 Å². The summed E-state index contributed by atoms with van der Waals surface area (Å²) >= 11 is 6.04. The van der Waals surface area contributed by atoms with Gasteiger partial charge in [-0.2, -0.15) is 0 Å². The minimum absolute atomic E-state index is 0.597. The first-order valence-corrected chi connectivity index (χ1v) is 6.72. The molecule has 1 aromatic rings. The standard InChI is InChI=1S/C14H21ClN2/c1-11-4-5-14(12(8-11)9-15)17-7-6-13(10-17)16(2)3/h4-5,8,13H,6-7,9-10H2,1-3H3. The Morgan fingerprint density at radius 2 is 2.18 bits per heavy atom. The maximum absolute atomic E-state index is 6.04. The molecule has 0 aliphatic carbocycles. The third-order valence-electron chi connectivity index (χ3n) is 3.61. The maximum Gasteiger partial charge on any atom is 0.0494 e. The zero-order valence-electron chi connectivity index (χ0n) is 10.9. The first-order valence-electron chi connectivity index (χ1n) is 6.18. The van der Waals surface area contributed by atoms with E-state index < -0.39 is 0 Å². The van der Waals surface area contributed by atoms with Crippen LogP contribution in [0.4, 0.5) is 5.69 Å². The average molecular weight is 253 g/mol. The highest BCUT2D eigenvalue weighted by molar-refractivity contribution is 6.17. The number of alkyl halides is 1. The number of anilines is 1. The molecule has 0 bridgehead atoms. The van der Waals surface area contributed by atoms with Crippen LogP contribution in [0.1, 0.15) is 17.5 Å². The van der Waals surface area contributed by atoms with Crippen molar-refractivity contribution in [3.05, 3.63) is 29.3 Å². The van der Waals surface area contributed by atoms with Crippen LogP contribution in [0.2, 0.25) is 0 Å². The van der Waals surface area contributed by atoms with E-state index in [1.54, 1.807) is 0 Å². The van der Waals surface area contributed by atoms with Crippen LogP contribution in [0.15, 0.2) is 18.2 Å². The SMILES string of the molecule is Cc1ccc(N2CCC(N(C)C)C2)c(CCl)c1. The summed E-state index contributed by atoms with van der Waals surface area (Å²) in [6.07, 6.45) is 1.24. The maximum atomic E-state index is 6.04. The molecule has 1 heterocycles. The van der Waals surface area contributed by atoms with E-state index in [0.29, 0.717) is 11.9 Å². The van der Waals surface area contributed by atoms with Gasteiger partial charge in [0.15, 0.2) is 0 Å². The first-order chi connectivity index (χ1) is 8.11. The Hall–Kier alpha value is -0.730. The van der Waals surface area contributed by atoms with E-state index in [0.717, 1.165) is 13.1 Å². The molecule has 2 rings (SSSR count). The highest BCUT2D eigenvalue weighted by Gasteiger charge is 2.25. The van der Waals surface area contributed by atoms with Crippen LogP contribution in [0.25, 0.3) is 0 Å². The second-order valence-electron chi connectivity index (χ2n) is 5.12. The summed E-state index contributed by atoms with van der Waals surface area (Å²) in [5.41, 5.74) is 3.86. The largest absolute Gasteiger partial charge is 0.370 e. The van der Waals surface area contributed by atoms with Gasteiger partial charge in [0.2, 0.25) is 0 Å². The number of hydrogen-bond acceptors (Lipinski definition) is 2. The second-order valence-corrected chi connectivity index (χ2v) is 5.39. The van der Waals surface area contributed by atoms with Crippen molar-refractivity contribution in [1.82, 2.24) is 4.90 Å². The number of benzene rings is 1. The molecule has 1 aromatic carbocycles. The summed E-state index contributed by atoms with van der Waals surface area (Å²) in [7, 11) is 4.32. The van der Waals surface area contributed by atoms with Crippen molar-refractivity contribution in [2.45, 2.75) is 25.3 Å². The Morgan fingerprint density at radius 3 is 2.76 bits per heavy atom. The van der Waals surface area contributed by atoms with Crippen LogP contribution < -0.4 is 4.90 Å². The van der Waals surface area contributed by atoms with Crippen molar-refractivity contribution < 1.29 is 0 Å². The van der Waals surface area contributed by atoms with Crippen molar-refractivity contribution >= 4 is 17.3 Å². The van der Waals surface area contributed by atoms with Gasteiger partial charge in [0.25, 0.3) is 0 Å². The molecular formula is C14H21ClN2. The Balaban J connectivity index is 2.18. The number of rotatable bonds is 3. The van der Waals surface area contributed by atoms with Gasteiger partial charge in [-0.1, -0.05) is 17.7 Å². The number of aryl methyl sites for hydroxylation is 1. The average Bonchev–Trinajstić information content (AvgIpc) is 2.78. The summed E-state index contributed by atoms with van der Waals surface area (Å²) in [6.45, 7) is 4.36. The van der Waals surface area contributed by atoms with Gasteiger partial charge in [-0.25, -0.2) is 0 Å². The minimum atomic E-state index is 0.597. The minimum Gasteiger partial charge on any atom is -0.370 e. The molecule has 3 heteroatoms. The molecular weight excluding hydrogens is 232 g/mol. The number of likely N-dealkylation sites (N-methyl/N-ethyl adjacent to an activating group) is 1. The van der Waals surface area contributed by atoms with Crippen LogP contribution >= 0.6 is 11.6 Å². The zero-order chi connectivity index (χ0) is 12.4. The van der Waals surface area contributed by atoms with Crippen LogP contribution in [0.3, 0.4) is 0 Å². The summed E-state index contributed by atoms with van der Waals surface area (Å²) in [5, 5.41) is 0. The molecule has 0 saturated carbocycles. The van der Waals surface area contributed by atoms with Crippen molar-refractivity contribution in [2.24, 2.45) is 0 Å². The predicted octanol–water partition coefficient (Wildman–Crippen LogP) is 2.87. The number of hydrogen-bond donors (Lipinski definition) is 0. The fraction of sp³-hybridized carbons (Fsp3) is 0.571. The molecule has 17 heavy (non-hydrogen) atoms. The Kier molecular flexibility index (Phi) is 3.95. The van der Waals surface area contributed by atoms with Crippen molar-refractivity contribution in [2.75, 3.05) is 32.1 Å². The van der Waals surface area contributed by atoms with Gasteiger partial charge in [0.1, 0.15) is 0 Å². The van der Waals surface area contributed by atoms with Crippen molar-refractivity contribution in [3.8, 4) is 0 Å². The summed E-state index contributed by atoms with van der Waals surface area (Å²) in [5.74, 6) is 0.597. The third-order valence-corrected chi connectivity index (χ3v) is 3.90. The van der Waals surface area contributed by atoms with Gasteiger partial charge in [0.05, 0.1) is 0 Å². The smallest absolute Gasteiger partial charge is 0.0494 e. The fourth-order valence-electron chi connectivity index (χ4n) is 2.51. The number of nitrogens with zero attached hydrogens (tertiary/aromatic N) is 2. The van der Waals surface area contributed by atoms with E-state index in [4.69, 9.17) is 11.6 Å². The van der Waals surface area contributed by atoms with Gasteiger partial charge >= 0.3 is 0 Å². The highest BCUT2D eigenvalue weighted by atomic mass is 35.5. The van der Waals surface area contributed by atoms with Crippen LogP contribution in [-0.4, -0.2) is 38.1 Å². The molecule has 1 fully saturated rings. The first kappa shape index (κ1) is 12.7. The molecule has 0 aromatic heterocycles. The summed E-state index contributed by atoms with van der Waals surface area (Å²) < 4.78 is 0. The molecule has 0 amide bonds. The van der Waals surface area contributed by atoms with E-state index in [2.05, 4.69) is 49.0 Å². The van der Waals surface area contributed by atoms with Gasteiger partial charge in [-0.3, -0.25) is 0 Å². The van der Waals surface area contributed by atoms with E-state index in [-0.39, 0.29) is 0 Å². The Morgan fingerprint density at radius 1 is 1.41 bits per heavy atom. The second kappa shape index (κ2) is 5.28. The lowest BCUT2D eigenvalue weighted by Gasteiger charge is -2.23. The predicted molar refractivity (Wildman–Crippen MR) is 75.0 cm³/mol. The van der Waals surface area contributed by atoms with Gasteiger partial charge in [-0.05, 0) is 39.1 Å². The molecule has 0 radical (unpaired) electrons. The molecule has 2 nitrogen and oxygen atoms in total. The Bertz CT molecular complexity index is 390. The highest BCUT2D eigenvalue weighted by Crippen LogP contribution is 2.27. The summed E-state index contributed by atoms with van der Waals surface area (Å²) in [6, 6.07) is 7.25. The Labute approximate surface area is 109 Å². The van der Waals surface area contributed by atoms with E-state index in [9.17, 15) is 0 Å².